The number of nitrogens with zero attached hydrogens (tertiary/aromatic N) is 2. The molecule has 0 spiro atoms. The smallest absolute Gasteiger partial charge is 0.0372 e. The van der Waals surface area contributed by atoms with Gasteiger partial charge in [0.15, 0.2) is 0 Å². The van der Waals surface area contributed by atoms with Gasteiger partial charge in [0.05, 0.1) is 0 Å². The van der Waals surface area contributed by atoms with E-state index in [0.717, 1.165) is 0 Å². The molecule has 2 heteroatoms. The van der Waals surface area contributed by atoms with Crippen LogP contribution in [0.25, 0.3) is 0 Å². The molecule has 0 aromatic carbocycles. The molecule has 42 valence electrons. The molecular weight excluding hydrogens is 100 g/mol. The maximum Gasteiger partial charge on any atom is 0.0372 e. The molecule has 0 unspecified atom stereocenters. The Bertz CT molecular complexity index is 135. The van der Waals surface area contributed by atoms with Gasteiger partial charge in [-0.15, -0.1) is 0 Å². The van der Waals surface area contributed by atoms with E-state index in [2.05, 4.69) is 21.7 Å². The lowest BCUT2D eigenvalue weighted by Gasteiger charge is -1.58. The Labute approximate surface area is 49.0 Å². The Morgan fingerprint density at radius 3 is 1.62 bits per heavy atom. The summed E-state index contributed by atoms with van der Waals surface area (Å²) in [6.45, 7) is 0. The number of allylic oxidation sites excluding steroid dienone is 2. The molecule has 0 aliphatic carbocycles. The molecule has 0 rings (SSSR count). The van der Waals surface area contributed by atoms with Gasteiger partial charge >= 0.3 is 0 Å². The van der Waals surface area contributed by atoms with Crippen molar-refractivity contribution in [1.82, 2.24) is 0 Å². The summed E-state index contributed by atoms with van der Waals surface area (Å²) in [4.78, 5) is 7.18. The summed E-state index contributed by atoms with van der Waals surface area (Å²) in [5.41, 5.74) is 0. The summed E-state index contributed by atoms with van der Waals surface area (Å²) in [7, 11) is 3.32. The van der Waals surface area contributed by atoms with Crippen molar-refractivity contribution in [2.24, 2.45) is 9.98 Å². The highest BCUT2D eigenvalue weighted by atomic mass is 14.6. The van der Waals surface area contributed by atoms with Crippen molar-refractivity contribution in [1.29, 1.82) is 0 Å². The third kappa shape index (κ3) is 4.90. The fraction of sp³-hybridized carbons (Fsp3) is 0.333. The van der Waals surface area contributed by atoms with Crippen molar-refractivity contribution in [2.75, 3.05) is 14.1 Å². The van der Waals surface area contributed by atoms with Gasteiger partial charge in [0.1, 0.15) is 0 Å². The van der Waals surface area contributed by atoms with E-state index < -0.39 is 0 Å². The Morgan fingerprint density at radius 2 is 1.38 bits per heavy atom. The molecule has 0 heterocycles. The van der Waals surface area contributed by atoms with Crippen molar-refractivity contribution in [2.45, 2.75) is 0 Å². The van der Waals surface area contributed by atoms with Crippen LogP contribution in [-0.2, 0) is 0 Å². The van der Waals surface area contributed by atoms with Crippen LogP contribution in [0, 0.1) is 0 Å². The first kappa shape index (κ1) is 6.90. The predicted molar refractivity (Wildman–Crippen MR) is 35.9 cm³/mol. The lowest BCUT2D eigenvalue weighted by atomic mass is 10.6. The molecular formula is C6H8N2. The van der Waals surface area contributed by atoms with Gasteiger partial charge < -0.3 is 0 Å². The third-order valence-corrected chi connectivity index (χ3v) is 0.491. The molecule has 0 aliphatic rings. The molecule has 8 heavy (non-hydrogen) atoms. The number of aliphatic imine (C=N–C) groups is 2. The van der Waals surface area contributed by atoms with Crippen LogP contribution < -0.4 is 0 Å². The predicted octanol–water partition coefficient (Wildman–Crippen LogP) is 0.698. The van der Waals surface area contributed by atoms with Crippen LogP contribution in [0.4, 0.5) is 0 Å². The minimum absolute atomic E-state index is 1.65. The summed E-state index contributed by atoms with van der Waals surface area (Å²) in [5, 5.41) is 0. The van der Waals surface area contributed by atoms with Gasteiger partial charge in [-0.2, -0.15) is 0 Å². The van der Waals surface area contributed by atoms with Gasteiger partial charge in [-0.05, 0) is 11.7 Å². The second-order valence-electron chi connectivity index (χ2n) is 1.04. The van der Waals surface area contributed by atoms with Crippen LogP contribution in [0.5, 0.6) is 0 Å². The Balaban J connectivity index is 3.77. The van der Waals surface area contributed by atoms with Gasteiger partial charge in [-0.1, -0.05) is 0 Å². The fourth-order valence-electron chi connectivity index (χ4n) is 0.224. The molecule has 0 fully saturated rings. The average Bonchev–Trinajstić information content (AvgIpc) is 1.81. The van der Waals surface area contributed by atoms with Gasteiger partial charge in [0.2, 0.25) is 0 Å². The first-order valence-electron chi connectivity index (χ1n) is 2.25. The first-order chi connectivity index (χ1) is 3.91. The van der Waals surface area contributed by atoms with Crippen molar-refractivity contribution < 1.29 is 0 Å². The molecule has 0 bridgehead atoms. The first-order valence-corrected chi connectivity index (χ1v) is 2.25. The highest BCUT2D eigenvalue weighted by Crippen LogP contribution is 1.57. The molecule has 0 radical (unpaired) electrons. The van der Waals surface area contributed by atoms with Gasteiger partial charge in [-0.25, -0.2) is 9.98 Å². The van der Waals surface area contributed by atoms with Crippen LogP contribution in [-0.4, -0.2) is 25.8 Å². The maximum absolute atomic E-state index is 3.59. The quantitative estimate of drug-likeness (QED) is 0.349. The van der Waals surface area contributed by atoms with Crippen LogP contribution in [0.15, 0.2) is 22.1 Å². The monoisotopic (exact) mass is 108 g/mol. The average molecular weight is 108 g/mol. The van der Waals surface area contributed by atoms with E-state index in [0.29, 0.717) is 0 Å². The Hall–Kier alpha value is -1.10. The van der Waals surface area contributed by atoms with E-state index in [4.69, 9.17) is 0 Å². The molecule has 0 aliphatic heterocycles. The second kappa shape index (κ2) is 5.90. The summed E-state index contributed by atoms with van der Waals surface area (Å²) < 4.78 is 0. The Morgan fingerprint density at radius 1 is 1.00 bits per heavy atom. The summed E-state index contributed by atoms with van der Waals surface area (Å²) in [5.74, 6) is 5.21. The molecule has 0 aromatic rings. The van der Waals surface area contributed by atoms with Crippen molar-refractivity contribution >= 4 is 11.7 Å². The van der Waals surface area contributed by atoms with E-state index >= 15 is 0 Å². The summed E-state index contributed by atoms with van der Waals surface area (Å²) in [6.07, 6.45) is 3.29. The molecule has 0 saturated carbocycles. The summed E-state index contributed by atoms with van der Waals surface area (Å²) >= 11 is 0. The van der Waals surface area contributed by atoms with Crippen molar-refractivity contribution in [3.05, 3.63) is 12.2 Å². The van der Waals surface area contributed by atoms with Gasteiger partial charge in [0, 0.05) is 26.2 Å². The van der Waals surface area contributed by atoms with Crippen molar-refractivity contribution in [3.8, 4) is 0 Å². The van der Waals surface area contributed by atoms with E-state index in [-0.39, 0.29) is 0 Å². The van der Waals surface area contributed by atoms with E-state index in [1.807, 2.05) is 0 Å². The number of rotatable bonds is 1. The number of hydrogen-bond donors (Lipinski definition) is 0. The van der Waals surface area contributed by atoms with Gasteiger partial charge in [-0.3, -0.25) is 0 Å². The largest absolute Gasteiger partial charge is 0.246 e. The zero-order valence-corrected chi connectivity index (χ0v) is 5.05. The highest BCUT2D eigenvalue weighted by Gasteiger charge is 1.50. The maximum atomic E-state index is 3.59. The van der Waals surface area contributed by atoms with E-state index in [1.165, 1.54) is 0 Å². The standard InChI is InChI=1S/C6H8N2/c1-7-5-3-4-6-8-2/h3-4H,1-2H3. The molecule has 0 amide bonds. The highest BCUT2D eigenvalue weighted by molar-refractivity contribution is 5.63. The molecule has 0 atom stereocenters. The van der Waals surface area contributed by atoms with Crippen LogP contribution >= 0.6 is 0 Å². The molecule has 0 N–H and O–H groups in total. The van der Waals surface area contributed by atoms with Gasteiger partial charge in [0.25, 0.3) is 0 Å². The minimum Gasteiger partial charge on any atom is -0.246 e. The number of hydrogen-bond acceptors (Lipinski definition) is 2. The summed E-state index contributed by atoms with van der Waals surface area (Å²) in [6, 6.07) is 0. The van der Waals surface area contributed by atoms with Crippen LogP contribution in [0.2, 0.25) is 0 Å². The zero-order valence-electron chi connectivity index (χ0n) is 5.05. The fourth-order valence-corrected chi connectivity index (χ4v) is 0.224. The topological polar surface area (TPSA) is 24.7 Å². The molecule has 0 aromatic heterocycles. The van der Waals surface area contributed by atoms with Crippen LogP contribution in [0.1, 0.15) is 0 Å². The minimum atomic E-state index is 1.65. The van der Waals surface area contributed by atoms with E-state index in [9.17, 15) is 0 Å². The second-order valence-corrected chi connectivity index (χ2v) is 1.04. The van der Waals surface area contributed by atoms with Crippen molar-refractivity contribution in [3.63, 3.8) is 0 Å². The SMILES string of the molecule is CN=C=CC=C=NC. The van der Waals surface area contributed by atoms with Crippen LogP contribution in [0.3, 0.4) is 0 Å². The molecule has 0 saturated heterocycles. The zero-order chi connectivity index (χ0) is 6.24. The normalized spacial score (nSPS) is 5.75. The third-order valence-electron chi connectivity index (χ3n) is 0.491. The van der Waals surface area contributed by atoms with E-state index in [1.54, 1.807) is 26.2 Å². The lowest BCUT2D eigenvalue weighted by molar-refractivity contribution is 1.48. The molecule has 2 nitrogen and oxygen atoms in total. The Kier molecular flexibility index (Phi) is 5.09. The lowest BCUT2D eigenvalue weighted by Crippen LogP contribution is -1.53.